The number of hydrogen-bond donors (Lipinski definition) is 1. The van der Waals surface area contributed by atoms with Gasteiger partial charge in [0.1, 0.15) is 0 Å². The van der Waals surface area contributed by atoms with Crippen LogP contribution in [0.3, 0.4) is 0 Å². The highest BCUT2D eigenvalue weighted by atomic mass is 16.2. The van der Waals surface area contributed by atoms with E-state index in [1.807, 2.05) is 44.2 Å². The minimum Gasteiger partial charge on any atom is -0.291 e. The molecule has 9 heteroatoms. The van der Waals surface area contributed by atoms with Crippen molar-refractivity contribution in [1.82, 2.24) is 23.7 Å². The first-order valence-corrected chi connectivity index (χ1v) is 10.8. The van der Waals surface area contributed by atoms with E-state index in [-0.39, 0.29) is 18.7 Å². The SMILES string of the molecule is CC#CCn1c(N(N)CCC)nc2c1c(=O)n(Cc1nc(C)cc3ccccc13)c(=O)n2C. The number of hydrazine groups is 1. The lowest BCUT2D eigenvalue weighted by Gasteiger charge is -2.17. The highest BCUT2D eigenvalue weighted by Gasteiger charge is 2.22. The molecule has 0 atom stereocenters. The first-order valence-electron chi connectivity index (χ1n) is 10.8. The molecular formula is C24H27N7O2. The predicted molar refractivity (Wildman–Crippen MR) is 130 cm³/mol. The van der Waals surface area contributed by atoms with E-state index in [1.54, 1.807) is 18.5 Å². The molecule has 0 aliphatic carbocycles. The highest BCUT2D eigenvalue weighted by Crippen LogP contribution is 2.20. The maximum atomic E-state index is 13.7. The molecule has 0 spiro atoms. The molecule has 0 aliphatic rings. The van der Waals surface area contributed by atoms with Crippen LogP contribution in [0.1, 0.15) is 31.7 Å². The number of aryl methyl sites for hydroxylation is 2. The Bertz CT molecular complexity index is 1530. The zero-order valence-electron chi connectivity index (χ0n) is 19.3. The molecular weight excluding hydrogens is 418 g/mol. The fourth-order valence-corrected chi connectivity index (χ4v) is 4.05. The summed E-state index contributed by atoms with van der Waals surface area (Å²) in [7, 11) is 1.61. The molecule has 0 fully saturated rings. The second-order valence-electron chi connectivity index (χ2n) is 7.95. The second kappa shape index (κ2) is 8.92. The summed E-state index contributed by atoms with van der Waals surface area (Å²) >= 11 is 0. The van der Waals surface area contributed by atoms with Crippen molar-refractivity contribution in [3.63, 3.8) is 0 Å². The third-order valence-corrected chi connectivity index (χ3v) is 5.60. The number of aromatic nitrogens is 5. The minimum atomic E-state index is -0.461. The molecule has 3 aromatic heterocycles. The van der Waals surface area contributed by atoms with Crippen LogP contribution in [0.2, 0.25) is 0 Å². The van der Waals surface area contributed by atoms with Gasteiger partial charge in [-0.2, -0.15) is 4.98 Å². The summed E-state index contributed by atoms with van der Waals surface area (Å²) in [5.41, 5.74) is 1.15. The number of imidazole rings is 1. The highest BCUT2D eigenvalue weighted by molar-refractivity contribution is 5.85. The Morgan fingerprint density at radius 3 is 2.64 bits per heavy atom. The minimum absolute atomic E-state index is 0.0465. The summed E-state index contributed by atoms with van der Waals surface area (Å²) < 4.78 is 4.27. The molecule has 9 nitrogen and oxygen atoms in total. The Balaban J connectivity index is 1.98. The largest absolute Gasteiger partial charge is 0.332 e. The fraction of sp³-hybridized carbons (Fsp3) is 0.333. The molecule has 33 heavy (non-hydrogen) atoms. The van der Waals surface area contributed by atoms with Gasteiger partial charge in [-0.1, -0.05) is 37.1 Å². The molecule has 4 aromatic rings. The third-order valence-electron chi connectivity index (χ3n) is 5.60. The summed E-state index contributed by atoms with van der Waals surface area (Å²) in [6, 6.07) is 9.79. The molecule has 0 bridgehead atoms. The van der Waals surface area contributed by atoms with E-state index in [2.05, 4.69) is 21.8 Å². The summed E-state index contributed by atoms with van der Waals surface area (Å²) in [6.07, 6.45) is 0.800. The lowest BCUT2D eigenvalue weighted by molar-refractivity contribution is 0.646. The topological polar surface area (TPSA) is 104 Å². The maximum Gasteiger partial charge on any atom is 0.332 e. The van der Waals surface area contributed by atoms with Gasteiger partial charge in [0.25, 0.3) is 5.56 Å². The number of nitrogens with two attached hydrogens (primary N) is 1. The van der Waals surface area contributed by atoms with Crippen molar-refractivity contribution in [3.05, 3.63) is 62.6 Å². The monoisotopic (exact) mass is 445 g/mol. The summed E-state index contributed by atoms with van der Waals surface area (Å²) in [5, 5.41) is 3.40. The second-order valence-corrected chi connectivity index (χ2v) is 7.95. The van der Waals surface area contributed by atoms with Crippen LogP contribution in [-0.4, -0.2) is 30.2 Å². The fourth-order valence-electron chi connectivity index (χ4n) is 4.05. The smallest absolute Gasteiger partial charge is 0.291 e. The van der Waals surface area contributed by atoms with E-state index in [0.717, 1.165) is 22.9 Å². The zero-order valence-corrected chi connectivity index (χ0v) is 19.3. The summed E-state index contributed by atoms with van der Waals surface area (Å²) in [4.78, 5) is 36.1. The summed E-state index contributed by atoms with van der Waals surface area (Å²) in [6.45, 7) is 6.45. The standard InChI is InChI=1S/C24H27N7O2/c1-5-7-13-29-20-21(27-23(29)31(25)12-6-2)28(4)24(33)30(22(20)32)15-19-18-11-9-8-10-17(18)14-16(3)26-19/h8-11,14H,6,12-13,15,25H2,1-4H3. The molecule has 0 saturated carbocycles. The van der Waals surface area contributed by atoms with Crippen LogP contribution in [0.5, 0.6) is 0 Å². The number of anilines is 1. The van der Waals surface area contributed by atoms with Crippen molar-refractivity contribution in [3.8, 4) is 11.8 Å². The zero-order chi connectivity index (χ0) is 23.7. The average molecular weight is 446 g/mol. The van der Waals surface area contributed by atoms with Crippen LogP contribution < -0.4 is 22.1 Å². The maximum absolute atomic E-state index is 13.7. The first kappa shape index (κ1) is 22.3. The molecule has 0 saturated heterocycles. The lowest BCUT2D eigenvalue weighted by Crippen LogP contribution is -2.40. The Morgan fingerprint density at radius 1 is 1.15 bits per heavy atom. The lowest BCUT2D eigenvalue weighted by atomic mass is 10.1. The van der Waals surface area contributed by atoms with Gasteiger partial charge in [-0.3, -0.25) is 28.5 Å². The molecule has 2 N–H and O–H groups in total. The van der Waals surface area contributed by atoms with Gasteiger partial charge < -0.3 is 0 Å². The number of hydrogen-bond acceptors (Lipinski definition) is 6. The number of benzene rings is 1. The Morgan fingerprint density at radius 2 is 1.91 bits per heavy atom. The molecule has 170 valence electrons. The van der Waals surface area contributed by atoms with Gasteiger partial charge in [-0.25, -0.2) is 10.6 Å². The van der Waals surface area contributed by atoms with Gasteiger partial charge in [-0.15, -0.1) is 5.92 Å². The van der Waals surface area contributed by atoms with Gasteiger partial charge in [0.2, 0.25) is 5.95 Å². The molecule has 4 rings (SSSR count). The van der Waals surface area contributed by atoms with Crippen molar-refractivity contribution in [2.45, 2.75) is 40.3 Å². The van der Waals surface area contributed by atoms with Crippen LogP contribution in [0.25, 0.3) is 21.9 Å². The van der Waals surface area contributed by atoms with E-state index >= 15 is 0 Å². The average Bonchev–Trinajstić information content (AvgIpc) is 3.19. The van der Waals surface area contributed by atoms with Crippen molar-refractivity contribution >= 4 is 27.9 Å². The van der Waals surface area contributed by atoms with Crippen molar-refractivity contribution in [2.75, 3.05) is 11.6 Å². The number of fused-ring (bicyclic) bond motifs is 2. The van der Waals surface area contributed by atoms with Crippen LogP contribution in [-0.2, 0) is 20.1 Å². The molecule has 0 unspecified atom stereocenters. The number of rotatable bonds is 6. The molecule has 0 amide bonds. The first-order chi connectivity index (χ1) is 15.9. The van der Waals surface area contributed by atoms with Crippen LogP contribution in [0.4, 0.5) is 5.95 Å². The molecule has 0 aliphatic heterocycles. The molecule has 3 heterocycles. The van der Waals surface area contributed by atoms with E-state index in [9.17, 15) is 9.59 Å². The van der Waals surface area contributed by atoms with Crippen LogP contribution >= 0.6 is 0 Å². The van der Waals surface area contributed by atoms with Gasteiger partial charge in [-0.05, 0) is 31.7 Å². The van der Waals surface area contributed by atoms with Crippen LogP contribution in [0, 0.1) is 18.8 Å². The molecule has 1 aromatic carbocycles. The predicted octanol–water partition coefficient (Wildman–Crippen LogP) is 1.92. The normalized spacial score (nSPS) is 11.1. The number of nitrogens with zero attached hydrogens (tertiary/aromatic N) is 6. The molecule has 0 radical (unpaired) electrons. The third kappa shape index (κ3) is 3.90. The van der Waals surface area contributed by atoms with Crippen molar-refractivity contribution in [2.24, 2.45) is 12.9 Å². The van der Waals surface area contributed by atoms with E-state index in [1.165, 1.54) is 14.1 Å². The van der Waals surface area contributed by atoms with Crippen molar-refractivity contribution in [1.29, 1.82) is 0 Å². The van der Waals surface area contributed by atoms with E-state index in [4.69, 9.17) is 5.84 Å². The van der Waals surface area contributed by atoms with Crippen molar-refractivity contribution < 1.29 is 0 Å². The number of pyridine rings is 1. The Kier molecular flexibility index (Phi) is 6.03. The van der Waals surface area contributed by atoms with Gasteiger partial charge in [0.05, 0.1) is 18.8 Å². The Hall–Kier alpha value is -3.90. The van der Waals surface area contributed by atoms with Crippen LogP contribution in [0.15, 0.2) is 39.9 Å². The van der Waals surface area contributed by atoms with E-state index < -0.39 is 11.2 Å². The quantitative estimate of drug-likeness (QED) is 0.276. The van der Waals surface area contributed by atoms with Gasteiger partial charge in [0.15, 0.2) is 11.2 Å². The van der Waals surface area contributed by atoms with E-state index in [0.29, 0.717) is 23.7 Å². The van der Waals surface area contributed by atoms with Gasteiger partial charge in [0, 0.05) is 24.7 Å². The Labute approximate surface area is 191 Å². The summed E-state index contributed by atoms with van der Waals surface area (Å²) in [5.74, 6) is 12.5. The van der Waals surface area contributed by atoms with Gasteiger partial charge >= 0.3 is 5.69 Å².